The smallest absolute Gasteiger partial charge is 0.297 e. The first-order valence-electron chi connectivity index (χ1n) is 6.59. The molecule has 0 aromatic carbocycles. The van der Waals surface area contributed by atoms with Crippen molar-refractivity contribution >= 4 is 23.4 Å². The van der Waals surface area contributed by atoms with Crippen molar-refractivity contribution in [2.45, 2.75) is 44.6 Å². The van der Waals surface area contributed by atoms with Crippen molar-refractivity contribution in [1.29, 1.82) is 0 Å². The molecule has 0 saturated heterocycles. The number of hydrogen-bond donors (Lipinski definition) is 1. The van der Waals surface area contributed by atoms with Crippen LogP contribution in [0.4, 0.5) is 0 Å². The average Bonchev–Trinajstić information content (AvgIpc) is 2.82. The molecule has 19 heavy (non-hydrogen) atoms. The third-order valence-corrected chi connectivity index (χ3v) is 4.85. The lowest BCUT2D eigenvalue weighted by Crippen LogP contribution is -2.40. The van der Waals surface area contributed by atoms with Crippen molar-refractivity contribution in [3.05, 3.63) is 31.6 Å². The summed E-state index contributed by atoms with van der Waals surface area (Å²) in [7, 11) is 0. The lowest BCUT2D eigenvalue weighted by Gasteiger charge is -2.17. The summed E-state index contributed by atoms with van der Waals surface area (Å²) in [6.45, 7) is 1.89. The van der Waals surface area contributed by atoms with Gasteiger partial charge in [0.25, 0.3) is 5.56 Å². The van der Waals surface area contributed by atoms with Crippen molar-refractivity contribution in [3.8, 4) is 0 Å². The summed E-state index contributed by atoms with van der Waals surface area (Å²) in [5.41, 5.74) is -0.00721. The molecule has 1 saturated carbocycles. The highest BCUT2D eigenvalue weighted by Gasteiger charge is 2.26. The van der Waals surface area contributed by atoms with Crippen LogP contribution in [0, 0.1) is 0 Å². The SMILES string of the molecule is CSCC(C)n1c(=O)[nH]c(Cl)c(C2CCCC2)c1=O. The van der Waals surface area contributed by atoms with Gasteiger partial charge in [-0.05, 0) is 31.9 Å². The molecule has 1 N–H and O–H groups in total. The highest BCUT2D eigenvalue weighted by Crippen LogP contribution is 2.34. The number of hydrogen-bond acceptors (Lipinski definition) is 3. The summed E-state index contributed by atoms with van der Waals surface area (Å²) in [5, 5.41) is 0.231. The third-order valence-electron chi connectivity index (χ3n) is 3.73. The van der Waals surface area contributed by atoms with Gasteiger partial charge in [0.2, 0.25) is 0 Å². The minimum absolute atomic E-state index is 0.122. The molecule has 6 heteroatoms. The topological polar surface area (TPSA) is 54.9 Å². The van der Waals surface area contributed by atoms with Gasteiger partial charge in [0.15, 0.2) is 0 Å². The summed E-state index contributed by atoms with van der Waals surface area (Å²) in [5.74, 6) is 0.930. The normalized spacial score (nSPS) is 17.8. The summed E-state index contributed by atoms with van der Waals surface area (Å²) < 4.78 is 1.32. The number of aromatic nitrogens is 2. The highest BCUT2D eigenvalue weighted by molar-refractivity contribution is 7.98. The molecule has 1 aromatic heterocycles. The monoisotopic (exact) mass is 302 g/mol. The van der Waals surface area contributed by atoms with Crippen LogP contribution in [-0.4, -0.2) is 21.6 Å². The highest BCUT2D eigenvalue weighted by atomic mass is 35.5. The fourth-order valence-electron chi connectivity index (χ4n) is 2.82. The molecule has 0 aliphatic heterocycles. The van der Waals surface area contributed by atoms with E-state index in [1.165, 1.54) is 4.57 Å². The van der Waals surface area contributed by atoms with Gasteiger partial charge in [-0.25, -0.2) is 4.79 Å². The molecular weight excluding hydrogens is 284 g/mol. The van der Waals surface area contributed by atoms with E-state index in [1.807, 2.05) is 13.2 Å². The van der Waals surface area contributed by atoms with E-state index in [-0.39, 0.29) is 22.7 Å². The Balaban J connectivity index is 2.53. The molecule has 0 bridgehead atoms. The molecule has 2 rings (SSSR count). The van der Waals surface area contributed by atoms with Crippen molar-refractivity contribution in [3.63, 3.8) is 0 Å². The second-order valence-corrected chi connectivity index (χ2v) is 6.41. The van der Waals surface area contributed by atoms with Gasteiger partial charge in [0, 0.05) is 11.8 Å². The number of nitrogens with zero attached hydrogens (tertiary/aromatic N) is 1. The van der Waals surface area contributed by atoms with Crippen LogP contribution in [0.3, 0.4) is 0 Å². The Morgan fingerprint density at radius 2 is 2.05 bits per heavy atom. The number of rotatable bonds is 4. The summed E-state index contributed by atoms with van der Waals surface area (Å²) in [6.07, 6.45) is 6.18. The summed E-state index contributed by atoms with van der Waals surface area (Å²) in [4.78, 5) is 27.1. The van der Waals surface area contributed by atoms with Gasteiger partial charge in [-0.3, -0.25) is 14.3 Å². The fraction of sp³-hybridized carbons (Fsp3) is 0.692. The van der Waals surface area contributed by atoms with Gasteiger partial charge in [-0.1, -0.05) is 24.4 Å². The largest absolute Gasteiger partial charge is 0.329 e. The molecule has 106 valence electrons. The summed E-state index contributed by atoms with van der Waals surface area (Å²) >= 11 is 7.71. The van der Waals surface area contributed by atoms with E-state index in [0.29, 0.717) is 5.56 Å². The maximum atomic E-state index is 12.6. The van der Waals surface area contributed by atoms with Crippen molar-refractivity contribution in [2.75, 3.05) is 12.0 Å². The van der Waals surface area contributed by atoms with E-state index >= 15 is 0 Å². The molecule has 1 unspecified atom stereocenters. The first-order valence-corrected chi connectivity index (χ1v) is 8.36. The van der Waals surface area contributed by atoms with Crippen LogP contribution in [0.5, 0.6) is 0 Å². The number of H-pyrrole nitrogens is 1. The van der Waals surface area contributed by atoms with Crippen LogP contribution in [0.2, 0.25) is 5.15 Å². The average molecular weight is 303 g/mol. The van der Waals surface area contributed by atoms with Gasteiger partial charge >= 0.3 is 5.69 Å². The van der Waals surface area contributed by atoms with E-state index in [2.05, 4.69) is 4.98 Å². The zero-order valence-electron chi connectivity index (χ0n) is 11.2. The predicted octanol–water partition coefficient (Wildman–Crippen LogP) is 2.77. The second kappa shape index (κ2) is 6.18. The van der Waals surface area contributed by atoms with Crippen molar-refractivity contribution in [1.82, 2.24) is 9.55 Å². The molecule has 0 amide bonds. The van der Waals surface area contributed by atoms with Gasteiger partial charge in [0.1, 0.15) is 5.15 Å². The number of nitrogens with one attached hydrogen (secondary N) is 1. The Kier molecular flexibility index (Phi) is 4.79. The van der Waals surface area contributed by atoms with Crippen molar-refractivity contribution in [2.24, 2.45) is 0 Å². The molecule has 1 fully saturated rings. The van der Waals surface area contributed by atoms with Gasteiger partial charge in [-0.15, -0.1) is 0 Å². The molecule has 1 aliphatic carbocycles. The van der Waals surface area contributed by atoms with E-state index in [0.717, 1.165) is 31.4 Å². The Labute approximate surface area is 121 Å². The first kappa shape index (κ1) is 14.7. The van der Waals surface area contributed by atoms with E-state index in [4.69, 9.17) is 11.6 Å². The summed E-state index contributed by atoms with van der Waals surface area (Å²) in [6, 6.07) is -0.122. The fourth-order valence-corrected chi connectivity index (χ4v) is 3.77. The molecule has 1 aliphatic rings. The molecule has 0 spiro atoms. The predicted molar refractivity (Wildman–Crippen MR) is 80.6 cm³/mol. The van der Waals surface area contributed by atoms with E-state index < -0.39 is 5.69 Å². The van der Waals surface area contributed by atoms with Gasteiger partial charge in [0.05, 0.1) is 5.56 Å². The van der Waals surface area contributed by atoms with Crippen LogP contribution in [0.1, 0.15) is 50.1 Å². The maximum Gasteiger partial charge on any atom is 0.329 e. The van der Waals surface area contributed by atoms with E-state index in [1.54, 1.807) is 11.8 Å². The lowest BCUT2D eigenvalue weighted by atomic mass is 10.0. The van der Waals surface area contributed by atoms with Crippen LogP contribution < -0.4 is 11.2 Å². The van der Waals surface area contributed by atoms with Gasteiger partial charge in [-0.2, -0.15) is 11.8 Å². The lowest BCUT2D eigenvalue weighted by molar-refractivity contribution is 0.538. The number of aromatic amines is 1. The van der Waals surface area contributed by atoms with Crippen LogP contribution >= 0.6 is 23.4 Å². The quantitative estimate of drug-likeness (QED) is 0.870. The standard InChI is InChI=1S/C13H19ClN2O2S/c1-8(7-19-2)16-12(17)10(9-5-3-4-6-9)11(14)15-13(16)18/h8-9H,3-7H2,1-2H3,(H,15,18). The second-order valence-electron chi connectivity index (χ2n) is 5.12. The van der Waals surface area contributed by atoms with Crippen LogP contribution in [0.15, 0.2) is 9.59 Å². The Morgan fingerprint density at radius 1 is 1.42 bits per heavy atom. The van der Waals surface area contributed by atoms with E-state index in [9.17, 15) is 9.59 Å². The molecular formula is C13H19ClN2O2S. The molecule has 1 aromatic rings. The number of thioether (sulfide) groups is 1. The Morgan fingerprint density at radius 3 is 2.63 bits per heavy atom. The maximum absolute atomic E-state index is 12.6. The zero-order valence-corrected chi connectivity index (χ0v) is 12.8. The molecule has 1 atom stereocenters. The molecule has 0 radical (unpaired) electrons. The first-order chi connectivity index (χ1) is 9.06. The van der Waals surface area contributed by atoms with Gasteiger partial charge < -0.3 is 0 Å². The van der Waals surface area contributed by atoms with Crippen LogP contribution in [0.25, 0.3) is 0 Å². The van der Waals surface area contributed by atoms with Crippen molar-refractivity contribution < 1.29 is 0 Å². The Hall–Kier alpha value is -0.680. The third kappa shape index (κ3) is 2.92. The minimum atomic E-state index is -0.404. The minimum Gasteiger partial charge on any atom is -0.297 e. The molecule has 1 heterocycles. The Bertz CT molecular complexity index is 561. The number of halogens is 1. The molecule has 4 nitrogen and oxygen atoms in total. The zero-order chi connectivity index (χ0) is 14.0. The van der Waals surface area contributed by atoms with Crippen LogP contribution in [-0.2, 0) is 0 Å².